The van der Waals surface area contributed by atoms with E-state index in [1.54, 1.807) is 19.4 Å². The molecule has 3 rings (SSSR count). The average molecular weight is 349 g/mol. The molecule has 0 saturated heterocycles. The van der Waals surface area contributed by atoms with Crippen LogP contribution in [0.25, 0.3) is 0 Å². The van der Waals surface area contributed by atoms with Gasteiger partial charge in [-0.25, -0.2) is 4.99 Å². The van der Waals surface area contributed by atoms with E-state index in [0.717, 1.165) is 5.56 Å². The molecule has 2 N–H and O–H groups in total. The molecule has 1 aromatic rings. The van der Waals surface area contributed by atoms with Crippen molar-refractivity contribution in [3.8, 4) is 11.5 Å². The monoisotopic (exact) mass is 349 g/mol. The summed E-state index contributed by atoms with van der Waals surface area (Å²) in [7, 11) is 3.16. The van der Waals surface area contributed by atoms with Gasteiger partial charge in [0, 0.05) is 12.7 Å². The van der Waals surface area contributed by atoms with Crippen LogP contribution >= 0.6 is 0 Å². The summed E-state index contributed by atoms with van der Waals surface area (Å²) in [6.45, 7) is 2.96. The van der Waals surface area contributed by atoms with Gasteiger partial charge in [-0.1, -0.05) is 6.07 Å². The summed E-state index contributed by atoms with van der Waals surface area (Å²) in [4.78, 5) is 4.55. The van der Waals surface area contributed by atoms with E-state index in [1.807, 2.05) is 12.1 Å². The minimum Gasteiger partial charge on any atom is -0.491 e. The molecule has 25 heavy (non-hydrogen) atoms. The van der Waals surface area contributed by atoms with Crippen molar-refractivity contribution in [3.05, 3.63) is 30.0 Å². The number of nitrogens with zero attached hydrogens (tertiary/aromatic N) is 1. The number of fused-ring (bicyclic) bond motifs is 2. The molecule has 2 aliphatic heterocycles. The van der Waals surface area contributed by atoms with E-state index >= 15 is 0 Å². The quantitative estimate of drug-likeness (QED) is 0.817. The van der Waals surface area contributed by atoms with Gasteiger partial charge in [-0.15, -0.1) is 0 Å². The Morgan fingerprint density at radius 3 is 2.72 bits per heavy atom. The largest absolute Gasteiger partial charge is 0.491 e. The maximum atomic E-state index is 9.96. The van der Waals surface area contributed by atoms with Gasteiger partial charge in [-0.05, 0) is 26.0 Å². The molecule has 2 heterocycles. The smallest absolute Gasteiger partial charge is 0.204 e. The lowest BCUT2D eigenvalue weighted by Crippen LogP contribution is -2.40. The average Bonchev–Trinajstić information content (AvgIpc) is 3.04. The first-order valence-electron chi connectivity index (χ1n) is 8.05. The van der Waals surface area contributed by atoms with Crippen LogP contribution < -0.4 is 9.47 Å². The molecule has 0 aromatic heterocycles. The number of rotatable bonds is 6. The summed E-state index contributed by atoms with van der Waals surface area (Å²) < 4.78 is 22.2. The Morgan fingerprint density at radius 1 is 1.32 bits per heavy atom. The number of aliphatic hydroxyl groups excluding tert-OH is 1. The van der Waals surface area contributed by atoms with Gasteiger partial charge in [0.25, 0.3) is 0 Å². The highest BCUT2D eigenvalue weighted by atomic mass is 16.5. The molecule has 3 atom stereocenters. The van der Waals surface area contributed by atoms with Crippen LogP contribution in [0.2, 0.25) is 0 Å². The summed E-state index contributed by atoms with van der Waals surface area (Å²) in [5.74, 6) is 1.34. The second-order valence-electron chi connectivity index (χ2n) is 6.59. The summed E-state index contributed by atoms with van der Waals surface area (Å²) in [5, 5.41) is 19.8. The number of aliphatic imine (C=N–C) groups is 1. The number of hydrogen-bond acceptors (Lipinski definition) is 7. The van der Waals surface area contributed by atoms with E-state index in [4.69, 9.17) is 18.9 Å². The molecule has 2 aliphatic rings. The van der Waals surface area contributed by atoms with Gasteiger partial charge in [-0.2, -0.15) is 0 Å². The van der Waals surface area contributed by atoms with Gasteiger partial charge in [0.05, 0.1) is 31.0 Å². The number of benzene rings is 1. The highest BCUT2D eigenvalue weighted by molar-refractivity contribution is 5.90. The minimum absolute atomic E-state index is 0.0639. The van der Waals surface area contributed by atoms with Crippen molar-refractivity contribution in [2.45, 2.75) is 31.7 Å². The van der Waals surface area contributed by atoms with Crippen LogP contribution in [0.5, 0.6) is 11.5 Å². The second-order valence-corrected chi connectivity index (χ2v) is 6.59. The Kier molecular flexibility index (Phi) is 4.73. The van der Waals surface area contributed by atoms with Crippen molar-refractivity contribution in [2.24, 2.45) is 10.9 Å². The van der Waals surface area contributed by atoms with E-state index in [-0.39, 0.29) is 18.6 Å². The maximum absolute atomic E-state index is 9.96. The molecular weight excluding hydrogens is 326 g/mol. The van der Waals surface area contributed by atoms with Gasteiger partial charge >= 0.3 is 0 Å². The predicted molar refractivity (Wildman–Crippen MR) is 91.4 cm³/mol. The lowest BCUT2D eigenvalue weighted by molar-refractivity contribution is -0.0663. The zero-order valence-corrected chi connectivity index (χ0v) is 14.7. The van der Waals surface area contributed by atoms with Crippen LogP contribution in [0.15, 0.2) is 29.5 Å². The summed E-state index contributed by atoms with van der Waals surface area (Å²) >= 11 is 0. The third-order valence-corrected chi connectivity index (χ3v) is 4.41. The molecule has 0 aliphatic carbocycles. The van der Waals surface area contributed by atoms with E-state index < -0.39 is 11.7 Å². The van der Waals surface area contributed by atoms with Crippen molar-refractivity contribution in [1.29, 1.82) is 0 Å². The second kappa shape index (κ2) is 6.67. The fourth-order valence-corrected chi connectivity index (χ4v) is 2.86. The number of aliphatic hydroxyl groups is 2. The number of hydrogen-bond donors (Lipinski definition) is 2. The van der Waals surface area contributed by atoms with Crippen molar-refractivity contribution in [3.63, 3.8) is 0 Å². The highest BCUT2D eigenvalue weighted by Crippen LogP contribution is 2.49. The maximum Gasteiger partial charge on any atom is 0.204 e. The first-order chi connectivity index (χ1) is 11.9. The minimum atomic E-state index is -1.26. The van der Waals surface area contributed by atoms with E-state index in [1.165, 1.54) is 21.0 Å². The Morgan fingerprint density at radius 2 is 2.08 bits per heavy atom. The summed E-state index contributed by atoms with van der Waals surface area (Å²) in [6.07, 6.45) is 2.24. The van der Waals surface area contributed by atoms with E-state index in [0.29, 0.717) is 23.1 Å². The molecule has 0 saturated carbocycles. The van der Waals surface area contributed by atoms with Crippen LogP contribution in [0, 0.1) is 5.92 Å². The van der Waals surface area contributed by atoms with Gasteiger partial charge in [0.2, 0.25) is 5.90 Å². The fraction of sp³-hybridized carbons (Fsp3) is 0.500. The third kappa shape index (κ3) is 3.22. The normalized spacial score (nSPS) is 22.6. The Hall–Kier alpha value is -2.09. The molecule has 0 fully saturated rings. The van der Waals surface area contributed by atoms with Crippen LogP contribution in [-0.4, -0.2) is 48.6 Å². The van der Waals surface area contributed by atoms with Crippen molar-refractivity contribution >= 4 is 11.6 Å². The van der Waals surface area contributed by atoms with Crippen molar-refractivity contribution in [2.75, 3.05) is 20.8 Å². The summed E-state index contributed by atoms with van der Waals surface area (Å²) in [5.41, 5.74) is 0.192. The highest BCUT2D eigenvalue weighted by Gasteiger charge is 2.37. The number of methoxy groups -OCH3 is 2. The van der Waals surface area contributed by atoms with Gasteiger partial charge in [0.1, 0.15) is 18.4 Å². The Labute approximate surface area is 146 Å². The SMILES string of the molecule is COc1c(OC[C@H](O)C(C)(C)O)ccc2c1N=C1OC=C[C@H]1[C@@H]2OC. The zero-order valence-electron chi connectivity index (χ0n) is 14.7. The first-order valence-corrected chi connectivity index (χ1v) is 8.05. The van der Waals surface area contributed by atoms with Gasteiger partial charge in [-0.3, -0.25) is 0 Å². The molecule has 0 radical (unpaired) electrons. The molecular formula is C18H23NO6. The van der Waals surface area contributed by atoms with Crippen molar-refractivity contribution < 1.29 is 29.2 Å². The first kappa shape index (κ1) is 17.7. The molecule has 0 unspecified atom stereocenters. The van der Waals surface area contributed by atoms with Gasteiger partial charge in [0.15, 0.2) is 11.5 Å². The molecule has 0 spiro atoms. The lowest BCUT2D eigenvalue weighted by atomic mass is 9.91. The van der Waals surface area contributed by atoms with Crippen LogP contribution in [-0.2, 0) is 9.47 Å². The van der Waals surface area contributed by atoms with E-state index in [2.05, 4.69) is 4.99 Å². The third-order valence-electron chi connectivity index (χ3n) is 4.41. The van der Waals surface area contributed by atoms with Crippen LogP contribution in [0.3, 0.4) is 0 Å². The Bertz CT molecular complexity index is 706. The lowest BCUT2D eigenvalue weighted by Gasteiger charge is -2.28. The standard InChI is InChI=1S/C18H23NO6/c1-18(2,21)13(20)9-25-12-6-5-10-14(16(12)23-4)19-17-11(7-8-24-17)15(10)22-3/h5-8,11,13,15,20-21H,9H2,1-4H3/t11-,13-,15+/m0/s1. The topological polar surface area (TPSA) is 89.7 Å². The van der Waals surface area contributed by atoms with Crippen LogP contribution in [0.4, 0.5) is 5.69 Å². The molecule has 7 heteroatoms. The fourth-order valence-electron chi connectivity index (χ4n) is 2.86. The molecule has 1 aromatic carbocycles. The van der Waals surface area contributed by atoms with E-state index in [9.17, 15) is 10.2 Å². The molecule has 136 valence electrons. The Balaban J connectivity index is 1.94. The van der Waals surface area contributed by atoms with Crippen LogP contribution in [0.1, 0.15) is 25.5 Å². The zero-order chi connectivity index (χ0) is 18.2. The van der Waals surface area contributed by atoms with Gasteiger partial charge < -0.3 is 29.2 Å². The summed E-state index contributed by atoms with van der Waals surface area (Å²) in [6, 6.07) is 3.62. The molecule has 0 bridgehead atoms. The van der Waals surface area contributed by atoms with Crippen molar-refractivity contribution in [1.82, 2.24) is 0 Å². The number of ether oxygens (including phenoxy) is 4. The predicted octanol–water partition coefficient (Wildman–Crippen LogP) is 2.10. The molecule has 7 nitrogen and oxygen atoms in total. The molecule has 0 amide bonds.